The molecule has 0 spiro atoms. The van der Waals surface area contributed by atoms with Crippen LogP contribution in [0.3, 0.4) is 0 Å². The number of nitrogens with one attached hydrogen (secondary N) is 1. The van der Waals surface area contributed by atoms with Crippen LogP contribution < -0.4 is 5.56 Å². The molecular formula is C12H10BrNO. The summed E-state index contributed by atoms with van der Waals surface area (Å²) in [4.78, 5) is 14.0. The first-order valence-corrected chi connectivity index (χ1v) is 5.46. The first-order valence-electron chi connectivity index (χ1n) is 4.67. The smallest absolute Gasteiger partial charge is 0.262 e. The van der Waals surface area contributed by atoms with Gasteiger partial charge in [0.15, 0.2) is 0 Å². The maximum absolute atomic E-state index is 11.3. The van der Waals surface area contributed by atoms with E-state index in [9.17, 15) is 4.79 Å². The maximum atomic E-state index is 11.3. The van der Waals surface area contributed by atoms with Crippen molar-refractivity contribution in [3.05, 3.63) is 68.5 Å². The third-order valence-electron chi connectivity index (χ3n) is 2.22. The maximum Gasteiger partial charge on any atom is 0.262 e. The Balaban J connectivity index is 2.33. The van der Waals surface area contributed by atoms with Gasteiger partial charge in [0.25, 0.3) is 5.56 Å². The van der Waals surface area contributed by atoms with E-state index in [1.165, 1.54) is 5.56 Å². The summed E-state index contributed by atoms with van der Waals surface area (Å²) in [7, 11) is 0. The Morgan fingerprint density at radius 2 is 1.87 bits per heavy atom. The van der Waals surface area contributed by atoms with E-state index in [0.29, 0.717) is 4.47 Å². The highest BCUT2D eigenvalue weighted by Crippen LogP contribution is 2.15. The molecule has 1 aromatic heterocycles. The number of halogens is 1. The van der Waals surface area contributed by atoms with Crippen LogP contribution in [0.1, 0.15) is 11.1 Å². The van der Waals surface area contributed by atoms with Crippen LogP contribution in [0.2, 0.25) is 0 Å². The first kappa shape index (κ1) is 10.2. The third-order valence-corrected chi connectivity index (χ3v) is 3.09. The van der Waals surface area contributed by atoms with Crippen LogP contribution in [0.4, 0.5) is 0 Å². The average Bonchev–Trinajstić information content (AvgIpc) is 2.26. The average molecular weight is 264 g/mol. The summed E-state index contributed by atoms with van der Waals surface area (Å²) >= 11 is 3.29. The Morgan fingerprint density at radius 3 is 2.60 bits per heavy atom. The van der Waals surface area contributed by atoms with Crippen LogP contribution in [0.5, 0.6) is 0 Å². The van der Waals surface area contributed by atoms with Crippen molar-refractivity contribution in [2.24, 2.45) is 0 Å². The monoisotopic (exact) mass is 263 g/mol. The second kappa shape index (κ2) is 4.45. The van der Waals surface area contributed by atoms with E-state index in [2.05, 4.69) is 20.9 Å². The Kier molecular flexibility index (Phi) is 3.02. The molecule has 0 saturated carbocycles. The molecule has 0 bridgehead atoms. The molecule has 3 heteroatoms. The van der Waals surface area contributed by atoms with Gasteiger partial charge in [0.1, 0.15) is 0 Å². The fraction of sp³-hybridized carbons (Fsp3) is 0.0833. The van der Waals surface area contributed by atoms with Crippen LogP contribution in [-0.2, 0) is 6.42 Å². The molecule has 1 heterocycles. The van der Waals surface area contributed by atoms with Crippen molar-refractivity contribution in [3.63, 3.8) is 0 Å². The van der Waals surface area contributed by atoms with Gasteiger partial charge in [-0.05, 0) is 39.5 Å². The van der Waals surface area contributed by atoms with Crippen LogP contribution >= 0.6 is 15.9 Å². The topological polar surface area (TPSA) is 32.9 Å². The molecule has 0 atom stereocenters. The van der Waals surface area contributed by atoms with Gasteiger partial charge in [-0.1, -0.05) is 30.3 Å². The summed E-state index contributed by atoms with van der Waals surface area (Å²) in [5.41, 5.74) is 2.12. The SMILES string of the molecule is O=c1[nH]ccc(Cc2ccccc2)c1Br. The predicted molar refractivity (Wildman–Crippen MR) is 64.0 cm³/mol. The lowest BCUT2D eigenvalue weighted by atomic mass is 10.1. The van der Waals surface area contributed by atoms with Crippen molar-refractivity contribution in [1.82, 2.24) is 4.98 Å². The van der Waals surface area contributed by atoms with E-state index in [1.54, 1.807) is 6.20 Å². The summed E-state index contributed by atoms with van der Waals surface area (Å²) in [6.07, 6.45) is 2.44. The van der Waals surface area contributed by atoms with Crippen molar-refractivity contribution in [2.75, 3.05) is 0 Å². The molecule has 1 aromatic carbocycles. The van der Waals surface area contributed by atoms with Crippen molar-refractivity contribution < 1.29 is 0 Å². The molecule has 15 heavy (non-hydrogen) atoms. The van der Waals surface area contributed by atoms with E-state index < -0.39 is 0 Å². The number of hydrogen-bond acceptors (Lipinski definition) is 1. The number of hydrogen-bond donors (Lipinski definition) is 1. The molecule has 0 amide bonds. The summed E-state index contributed by atoms with van der Waals surface area (Å²) in [5, 5.41) is 0. The molecule has 0 fully saturated rings. The molecule has 0 aliphatic rings. The lowest BCUT2D eigenvalue weighted by molar-refractivity contribution is 1.11. The number of aromatic amines is 1. The van der Waals surface area contributed by atoms with Gasteiger partial charge in [-0.15, -0.1) is 0 Å². The van der Waals surface area contributed by atoms with Crippen LogP contribution in [0, 0.1) is 0 Å². The van der Waals surface area contributed by atoms with E-state index in [0.717, 1.165) is 12.0 Å². The Bertz CT molecular complexity index is 505. The second-order valence-electron chi connectivity index (χ2n) is 3.31. The van der Waals surface area contributed by atoms with Crippen molar-refractivity contribution in [3.8, 4) is 0 Å². The summed E-state index contributed by atoms with van der Waals surface area (Å²) < 4.78 is 0.619. The quantitative estimate of drug-likeness (QED) is 0.888. The molecular weight excluding hydrogens is 254 g/mol. The first-order chi connectivity index (χ1) is 7.27. The zero-order valence-corrected chi connectivity index (χ0v) is 9.62. The highest BCUT2D eigenvalue weighted by molar-refractivity contribution is 9.10. The molecule has 2 nitrogen and oxygen atoms in total. The Morgan fingerprint density at radius 1 is 1.13 bits per heavy atom. The van der Waals surface area contributed by atoms with E-state index in [4.69, 9.17) is 0 Å². The second-order valence-corrected chi connectivity index (χ2v) is 4.10. The van der Waals surface area contributed by atoms with E-state index in [1.807, 2.05) is 36.4 Å². The highest BCUT2D eigenvalue weighted by atomic mass is 79.9. The largest absolute Gasteiger partial charge is 0.328 e. The molecule has 0 saturated heterocycles. The van der Waals surface area contributed by atoms with Gasteiger partial charge >= 0.3 is 0 Å². The molecule has 2 aromatic rings. The number of H-pyrrole nitrogens is 1. The fourth-order valence-corrected chi connectivity index (χ4v) is 1.84. The Hall–Kier alpha value is -1.35. The molecule has 0 aliphatic heterocycles. The van der Waals surface area contributed by atoms with E-state index >= 15 is 0 Å². The van der Waals surface area contributed by atoms with Gasteiger partial charge in [0, 0.05) is 6.20 Å². The lowest BCUT2D eigenvalue weighted by Crippen LogP contribution is -2.08. The summed E-state index contributed by atoms with van der Waals surface area (Å²) in [6.45, 7) is 0. The minimum atomic E-state index is -0.0802. The summed E-state index contributed by atoms with van der Waals surface area (Å²) in [6, 6.07) is 12.0. The Labute approximate surface area is 96.1 Å². The molecule has 1 N–H and O–H groups in total. The van der Waals surface area contributed by atoms with Gasteiger partial charge in [0.05, 0.1) is 4.47 Å². The number of benzene rings is 1. The lowest BCUT2D eigenvalue weighted by Gasteiger charge is -2.03. The molecule has 0 radical (unpaired) electrons. The number of rotatable bonds is 2. The summed E-state index contributed by atoms with van der Waals surface area (Å²) in [5.74, 6) is 0. The number of pyridine rings is 1. The predicted octanol–water partition coefficient (Wildman–Crippen LogP) is 2.73. The molecule has 2 rings (SSSR count). The van der Waals surface area contributed by atoms with Gasteiger partial charge in [-0.3, -0.25) is 4.79 Å². The van der Waals surface area contributed by atoms with Crippen molar-refractivity contribution in [2.45, 2.75) is 6.42 Å². The fourth-order valence-electron chi connectivity index (χ4n) is 1.45. The van der Waals surface area contributed by atoms with Crippen molar-refractivity contribution in [1.29, 1.82) is 0 Å². The van der Waals surface area contributed by atoms with Gasteiger partial charge in [0.2, 0.25) is 0 Å². The van der Waals surface area contributed by atoms with Crippen molar-refractivity contribution >= 4 is 15.9 Å². The van der Waals surface area contributed by atoms with Crippen LogP contribution in [0.15, 0.2) is 51.9 Å². The minimum Gasteiger partial charge on any atom is -0.328 e. The van der Waals surface area contributed by atoms with E-state index in [-0.39, 0.29) is 5.56 Å². The normalized spacial score (nSPS) is 10.2. The minimum absolute atomic E-state index is 0.0802. The van der Waals surface area contributed by atoms with Gasteiger partial charge in [-0.25, -0.2) is 0 Å². The number of aromatic nitrogens is 1. The molecule has 76 valence electrons. The standard InChI is InChI=1S/C12H10BrNO/c13-11-10(6-7-14-12(11)15)8-9-4-2-1-3-5-9/h1-7H,8H2,(H,14,15). The highest BCUT2D eigenvalue weighted by Gasteiger charge is 2.03. The molecule has 0 aliphatic carbocycles. The third kappa shape index (κ3) is 2.36. The zero-order chi connectivity index (χ0) is 10.7. The van der Waals surface area contributed by atoms with Crippen LogP contribution in [-0.4, -0.2) is 4.98 Å². The van der Waals surface area contributed by atoms with Gasteiger partial charge < -0.3 is 4.98 Å². The molecule has 0 unspecified atom stereocenters. The van der Waals surface area contributed by atoms with Crippen LogP contribution in [0.25, 0.3) is 0 Å². The zero-order valence-electron chi connectivity index (χ0n) is 8.03. The van der Waals surface area contributed by atoms with Gasteiger partial charge in [-0.2, -0.15) is 0 Å².